The number of benzene rings is 9. The summed E-state index contributed by atoms with van der Waals surface area (Å²) in [5.41, 5.74) is 12.3. The zero-order chi connectivity index (χ0) is 34.4. The molecule has 2 nitrogen and oxygen atoms in total. The summed E-state index contributed by atoms with van der Waals surface area (Å²) in [4.78, 5) is 2.35. The van der Waals surface area contributed by atoms with Gasteiger partial charge in [-0.3, -0.25) is 0 Å². The van der Waals surface area contributed by atoms with Crippen LogP contribution in [0, 0.1) is 0 Å². The third-order valence-electron chi connectivity index (χ3n) is 10.2. The van der Waals surface area contributed by atoms with Crippen LogP contribution in [-0.4, -0.2) is 0 Å². The fourth-order valence-electron chi connectivity index (χ4n) is 7.64. The quantitative estimate of drug-likeness (QED) is 0.176. The lowest BCUT2D eigenvalue weighted by Crippen LogP contribution is -2.09. The molecule has 10 aromatic rings. The van der Waals surface area contributed by atoms with E-state index in [0.29, 0.717) is 0 Å². The molecule has 0 aliphatic rings. The van der Waals surface area contributed by atoms with E-state index in [2.05, 4.69) is 193 Å². The fourth-order valence-corrected chi connectivity index (χ4v) is 7.64. The second kappa shape index (κ2) is 12.5. The van der Waals surface area contributed by atoms with E-state index < -0.39 is 0 Å². The molecular weight excluding hydrogens is 631 g/mol. The maximum Gasteiger partial charge on any atom is 0.136 e. The molecule has 0 unspecified atom stereocenters. The standard InChI is InChI=1S/C50H33NO/c1-3-11-34(12-4-1)37-24-21-35-22-25-38(30-41(35)29-37)39-26-23-36-27-28-45(33-42(36)31-39)51(43-14-5-2-6-15-43)44-16-9-13-40(32-44)46-18-10-20-49-50(46)47-17-7-8-19-48(47)52-49/h1-33H. The van der Waals surface area contributed by atoms with Crippen molar-refractivity contribution in [3.05, 3.63) is 200 Å². The number of para-hydroxylation sites is 2. The minimum atomic E-state index is 0.900. The number of hydrogen-bond acceptors (Lipinski definition) is 2. The first kappa shape index (κ1) is 30.0. The third-order valence-corrected chi connectivity index (χ3v) is 10.2. The van der Waals surface area contributed by atoms with Gasteiger partial charge in [-0.05, 0) is 122 Å². The average molecular weight is 664 g/mol. The molecule has 0 bridgehead atoms. The molecule has 0 amide bonds. The summed E-state index contributed by atoms with van der Waals surface area (Å²) < 4.78 is 6.25. The van der Waals surface area contributed by atoms with Gasteiger partial charge in [0.2, 0.25) is 0 Å². The molecule has 0 aliphatic heterocycles. The van der Waals surface area contributed by atoms with Crippen molar-refractivity contribution in [3.63, 3.8) is 0 Å². The summed E-state index contributed by atoms with van der Waals surface area (Å²) >= 11 is 0. The number of furan rings is 1. The van der Waals surface area contributed by atoms with Gasteiger partial charge in [-0.2, -0.15) is 0 Å². The van der Waals surface area contributed by atoms with E-state index in [0.717, 1.165) is 50.1 Å². The highest BCUT2D eigenvalue weighted by molar-refractivity contribution is 6.12. The van der Waals surface area contributed by atoms with Gasteiger partial charge in [-0.1, -0.05) is 133 Å². The van der Waals surface area contributed by atoms with Crippen molar-refractivity contribution in [2.45, 2.75) is 0 Å². The third kappa shape index (κ3) is 5.30. The molecule has 244 valence electrons. The molecule has 52 heavy (non-hydrogen) atoms. The molecule has 0 N–H and O–H groups in total. The maximum atomic E-state index is 6.25. The Bertz CT molecular complexity index is 2910. The molecule has 0 atom stereocenters. The maximum absolute atomic E-state index is 6.25. The van der Waals surface area contributed by atoms with Crippen LogP contribution in [0.3, 0.4) is 0 Å². The van der Waals surface area contributed by atoms with Crippen LogP contribution in [0.2, 0.25) is 0 Å². The Kier molecular flexibility index (Phi) is 7.18. The van der Waals surface area contributed by atoms with Crippen molar-refractivity contribution < 1.29 is 4.42 Å². The topological polar surface area (TPSA) is 16.4 Å². The highest BCUT2D eigenvalue weighted by Gasteiger charge is 2.17. The minimum absolute atomic E-state index is 0.900. The SMILES string of the molecule is c1ccc(-c2ccc3ccc(-c4ccc5ccc(N(c6ccccc6)c6cccc(-c7cccc8oc9ccccc9c78)c6)cc5c4)cc3c2)cc1. The molecule has 0 saturated heterocycles. The van der Waals surface area contributed by atoms with Crippen LogP contribution < -0.4 is 4.90 Å². The van der Waals surface area contributed by atoms with E-state index in [1.165, 1.54) is 43.8 Å². The molecule has 0 fully saturated rings. The Morgan fingerprint density at radius 2 is 0.846 bits per heavy atom. The highest BCUT2D eigenvalue weighted by atomic mass is 16.3. The van der Waals surface area contributed by atoms with Gasteiger partial charge in [0, 0.05) is 27.8 Å². The average Bonchev–Trinajstić information content (AvgIpc) is 3.60. The lowest BCUT2D eigenvalue weighted by atomic mass is 9.96. The molecule has 1 aromatic heterocycles. The van der Waals surface area contributed by atoms with Gasteiger partial charge >= 0.3 is 0 Å². The lowest BCUT2D eigenvalue weighted by Gasteiger charge is -2.26. The van der Waals surface area contributed by atoms with Crippen molar-refractivity contribution in [3.8, 4) is 33.4 Å². The van der Waals surface area contributed by atoms with Crippen LogP contribution in [0.4, 0.5) is 17.1 Å². The number of nitrogens with zero attached hydrogens (tertiary/aromatic N) is 1. The van der Waals surface area contributed by atoms with Crippen LogP contribution in [-0.2, 0) is 0 Å². The normalized spacial score (nSPS) is 11.5. The minimum Gasteiger partial charge on any atom is -0.456 e. The molecule has 0 radical (unpaired) electrons. The van der Waals surface area contributed by atoms with Crippen LogP contribution in [0.25, 0.3) is 76.9 Å². The summed E-state index contributed by atoms with van der Waals surface area (Å²) in [6.45, 7) is 0. The van der Waals surface area contributed by atoms with E-state index in [9.17, 15) is 0 Å². The van der Waals surface area contributed by atoms with E-state index in [4.69, 9.17) is 4.42 Å². The molecular formula is C50H33NO. The fraction of sp³-hybridized carbons (Fsp3) is 0. The monoisotopic (exact) mass is 663 g/mol. The number of rotatable bonds is 6. The molecule has 1 heterocycles. The van der Waals surface area contributed by atoms with Gasteiger partial charge in [0.05, 0.1) is 0 Å². The predicted molar refractivity (Wildman–Crippen MR) is 220 cm³/mol. The van der Waals surface area contributed by atoms with Crippen molar-refractivity contribution in [2.75, 3.05) is 4.90 Å². The molecule has 10 rings (SSSR count). The van der Waals surface area contributed by atoms with E-state index in [-0.39, 0.29) is 0 Å². The Balaban J connectivity index is 1.07. The predicted octanol–water partition coefficient (Wildman–Crippen LogP) is 14.4. The van der Waals surface area contributed by atoms with Gasteiger partial charge in [-0.25, -0.2) is 0 Å². The second-order valence-corrected chi connectivity index (χ2v) is 13.4. The van der Waals surface area contributed by atoms with Crippen molar-refractivity contribution in [1.29, 1.82) is 0 Å². The van der Waals surface area contributed by atoms with Crippen LogP contribution in [0.1, 0.15) is 0 Å². The van der Waals surface area contributed by atoms with Gasteiger partial charge < -0.3 is 9.32 Å². The first-order valence-electron chi connectivity index (χ1n) is 17.7. The van der Waals surface area contributed by atoms with E-state index in [1.807, 2.05) is 12.1 Å². The first-order chi connectivity index (χ1) is 25.7. The van der Waals surface area contributed by atoms with E-state index >= 15 is 0 Å². The van der Waals surface area contributed by atoms with E-state index in [1.54, 1.807) is 0 Å². The smallest absolute Gasteiger partial charge is 0.136 e. The summed E-state index contributed by atoms with van der Waals surface area (Å²) in [7, 11) is 0. The molecule has 0 spiro atoms. The first-order valence-corrected chi connectivity index (χ1v) is 17.7. The van der Waals surface area contributed by atoms with Crippen LogP contribution in [0.15, 0.2) is 205 Å². The Labute approximate surface area is 302 Å². The zero-order valence-corrected chi connectivity index (χ0v) is 28.4. The number of hydrogen-bond donors (Lipinski definition) is 0. The molecule has 2 heteroatoms. The highest BCUT2D eigenvalue weighted by Crippen LogP contribution is 2.41. The number of anilines is 3. The van der Waals surface area contributed by atoms with Gasteiger partial charge in [0.1, 0.15) is 11.2 Å². The second-order valence-electron chi connectivity index (χ2n) is 13.4. The van der Waals surface area contributed by atoms with Crippen LogP contribution in [0.5, 0.6) is 0 Å². The molecule has 9 aromatic carbocycles. The van der Waals surface area contributed by atoms with Gasteiger partial charge in [-0.15, -0.1) is 0 Å². The summed E-state index contributed by atoms with van der Waals surface area (Å²) in [5, 5.41) is 7.16. The van der Waals surface area contributed by atoms with Gasteiger partial charge in [0.15, 0.2) is 0 Å². The van der Waals surface area contributed by atoms with Crippen molar-refractivity contribution in [1.82, 2.24) is 0 Å². The largest absolute Gasteiger partial charge is 0.456 e. The lowest BCUT2D eigenvalue weighted by molar-refractivity contribution is 0.669. The summed E-state index contributed by atoms with van der Waals surface area (Å²) in [5.74, 6) is 0. The Morgan fingerprint density at radius 1 is 0.308 bits per heavy atom. The Hall–Kier alpha value is -6.90. The number of fused-ring (bicyclic) bond motifs is 5. The summed E-state index contributed by atoms with van der Waals surface area (Å²) in [6, 6.07) is 71.8. The zero-order valence-electron chi connectivity index (χ0n) is 28.4. The molecule has 0 aliphatic carbocycles. The van der Waals surface area contributed by atoms with Crippen molar-refractivity contribution >= 4 is 60.5 Å². The van der Waals surface area contributed by atoms with Crippen molar-refractivity contribution in [2.24, 2.45) is 0 Å². The Morgan fingerprint density at radius 3 is 1.60 bits per heavy atom. The molecule has 0 saturated carbocycles. The summed E-state index contributed by atoms with van der Waals surface area (Å²) in [6.07, 6.45) is 0. The van der Waals surface area contributed by atoms with Crippen LogP contribution >= 0.6 is 0 Å². The van der Waals surface area contributed by atoms with Gasteiger partial charge in [0.25, 0.3) is 0 Å².